The molecule has 1 N–H and O–H groups in total. The second-order valence-electron chi connectivity index (χ2n) is 7.35. The highest BCUT2D eigenvalue weighted by atomic mass is 32.1. The Morgan fingerprint density at radius 2 is 1.65 bits per heavy atom. The summed E-state index contributed by atoms with van der Waals surface area (Å²) in [6.07, 6.45) is 1.79. The zero-order valence-electron chi connectivity index (χ0n) is 16.9. The minimum atomic E-state index is -0.156. The fourth-order valence-electron chi connectivity index (χ4n) is 3.83. The van der Waals surface area contributed by atoms with Crippen molar-refractivity contribution in [1.29, 1.82) is 0 Å². The third kappa shape index (κ3) is 3.90. The number of anilines is 1. The molecule has 154 valence electrons. The van der Waals surface area contributed by atoms with Crippen molar-refractivity contribution in [3.05, 3.63) is 108 Å². The Morgan fingerprint density at radius 3 is 2.32 bits per heavy atom. The number of hydrogen-bond donors (Lipinski definition) is 1. The van der Waals surface area contributed by atoms with Crippen molar-refractivity contribution in [3.8, 4) is 11.5 Å². The topological polar surface area (TPSA) is 50.5 Å². The van der Waals surface area contributed by atoms with Gasteiger partial charge in [-0.1, -0.05) is 24.3 Å². The number of nitrogens with zero attached hydrogens (tertiary/aromatic N) is 2. The van der Waals surface area contributed by atoms with E-state index in [1.165, 1.54) is 0 Å². The van der Waals surface area contributed by atoms with Gasteiger partial charge in [-0.15, -0.1) is 0 Å². The smallest absolute Gasteiger partial charge is 0.174 e. The van der Waals surface area contributed by atoms with Crippen LogP contribution in [-0.2, 0) is 0 Å². The van der Waals surface area contributed by atoms with Crippen molar-refractivity contribution in [2.24, 2.45) is 0 Å². The highest BCUT2D eigenvalue weighted by molar-refractivity contribution is 7.80. The van der Waals surface area contributed by atoms with Crippen LogP contribution in [0.5, 0.6) is 11.5 Å². The molecule has 0 spiro atoms. The highest BCUT2D eigenvalue weighted by Crippen LogP contribution is 2.42. The first-order valence-electron chi connectivity index (χ1n) is 10.1. The summed E-state index contributed by atoms with van der Waals surface area (Å²) < 4.78 is 12.0. The van der Waals surface area contributed by atoms with Crippen LogP contribution in [0.1, 0.15) is 29.3 Å². The van der Waals surface area contributed by atoms with Crippen LogP contribution in [0.2, 0.25) is 0 Å². The maximum atomic E-state index is 6.03. The van der Waals surface area contributed by atoms with Gasteiger partial charge in [0.15, 0.2) is 5.11 Å². The number of thiocarbonyl (C=S) groups is 1. The molecule has 0 radical (unpaired) electrons. The van der Waals surface area contributed by atoms with Gasteiger partial charge in [-0.2, -0.15) is 0 Å². The van der Waals surface area contributed by atoms with Crippen molar-refractivity contribution < 1.29 is 9.15 Å². The molecular weight excluding hydrogens is 406 g/mol. The Morgan fingerprint density at radius 1 is 0.903 bits per heavy atom. The Labute approximate surface area is 186 Å². The van der Waals surface area contributed by atoms with Crippen LogP contribution < -0.4 is 15.0 Å². The SMILES string of the molecule is Cc1ccc([C@@H]2[C@H](c3ccccn3)NC(=S)N2c2ccc(Oc3ccccc3)cc2)o1. The first-order chi connectivity index (χ1) is 15.2. The second kappa shape index (κ2) is 8.24. The van der Waals surface area contributed by atoms with Crippen molar-refractivity contribution in [2.75, 3.05) is 4.90 Å². The number of nitrogens with one attached hydrogen (secondary N) is 1. The molecular formula is C25H21N3O2S. The first-order valence-corrected chi connectivity index (χ1v) is 10.5. The summed E-state index contributed by atoms with van der Waals surface area (Å²) in [4.78, 5) is 6.64. The molecule has 1 aliphatic rings. The molecule has 31 heavy (non-hydrogen) atoms. The van der Waals surface area contributed by atoms with E-state index in [1.54, 1.807) is 6.20 Å². The van der Waals surface area contributed by atoms with Gasteiger partial charge in [0.2, 0.25) is 0 Å². The summed E-state index contributed by atoms with van der Waals surface area (Å²) in [5.41, 5.74) is 1.87. The number of furan rings is 1. The van der Waals surface area contributed by atoms with Crippen LogP contribution in [0.3, 0.4) is 0 Å². The van der Waals surface area contributed by atoms with Crippen molar-refractivity contribution in [2.45, 2.75) is 19.0 Å². The number of rotatable bonds is 5. The fourth-order valence-corrected chi connectivity index (χ4v) is 4.18. The lowest BCUT2D eigenvalue weighted by Crippen LogP contribution is -2.29. The van der Waals surface area contributed by atoms with E-state index < -0.39 is 0 Å². The van der Waals surface area contributed by atoms with E-state index in [1.807, 2.05) is 91.9 Å². The average Bonchev–Trinajstić information content (AvgIpc) is 3.38. The lowest BCUT2D eigenvalue weighted by molar-refractivity contribution is 0.418. The minimum Gasteiger partial charge on any atom is -0.464 e. The molecule has 6 heteroatoms. The average molecular weight is 428 g/mol. The molecule has 3 heterocycles. The predicted molar refractivity (Wildman–Crippen MR) is 124 cm³/mol. The van der Waals surface area contributed by atoms with E-state index in [0.717, 1.165) is 34.4 Å². The van der Waals surface area contributed by atoms with Gasteiger partial charge in [-0.25, -0.2) is 0 Å². The van der Waals surface area contributed by atoms with Crippen LogP contribution in [0.15, 0.2) is 95.5 Å². The molecule has 1 aliphatic heterocycles. The molecule has 5 rings (SSSR count). The van der Waals surface area contributed by atoms with Crippen LogP contribution in [0.4, 0.5) is 5.69 Å². The molecule has 0 aliphatic carbocycles. The maximum Gasteiger partial charge on any atom is 0.174 e. The molecule has 2 atom stereocenters. The Hall–Kier alpha value is -3.64. The summed E-state index contributed by atoms with van der Waals surface area (Å²) in [5, 5.41) is 4.07. The monoisotopic (exact) mass is 427 g/mol. The number of para-hydroxylation sites is 1. The molecule has 0 unspecified atom stereocenters. The van der Waals surface area contributed by atoms with E-state index in [-0.39, 0.29) is 12.1 Å². The van der Waals surface area contributed by atoms with Gasteiger partial charge in [0, 0.05) is 11.9 Å². The van der Waals surface area contributed by atoms with E-state index in [9.17, 15) is 0 Å². The third-order valence-corrected chi connectivity index (χ3v) is 5.56. The number of ether oxygens (including phenoxy) is 1. The Balaban J connectivity index is 1.48. The molecule has 0 saturated carbocycles. The molecule has 0 amide bonds. The minimum absolute atomic E-state index is 0.125. The van der Waals surface area contributed by atoms with E-state index in [0.29, 0.717) is 5.11 Å². The van der Waals surface area contributed by atoms with Gasteiger partial charge in [-0.05, 0) is 79.8 Å². The number of hydrogen-bond acceptors (Lipinski definition) is 4. The molecule has 0 bridgehead atoms. The second-order valence-corrected chi connectivity index (χ2v) is 7.74. The van der Waals surface area contributed by atoms with Gasteiger partial charge in [0.1, 0.15) is 29.1 Å². The fraction of sp³-hybridized carbons (Fsp3) is 0.120. The molecule has 1 fully saturated rings. The molecule has 5 nitrogen and oxygen atoms in total. The standard InChI is InChI=1S/C25H21N3O2S/c1-17-10-15-22(29-17)24-23(21-9-5-6-16-26-21)27-25(31)28(24)18-11-13-20(14-12-18)30-19-7-3-2-4-8-19/h2-16,23-24H,1H3,(H,27,31)/t23-,24+/m0/s1. The summed E-state index contributed by atoms with van der Waals surface area (Å²) in [6, 6.07) is 27.2. The summed E-state index contributed by atoms with van der Waals surface area (Å²) in [5.74, 6) is 3.26. The van der Waals surface area contributed by atoms with E-state index >= 15 is 0 Å². The zero-order valence-corrected chi connectivity index (χ0v) is 17.8. The van der Waals surface area contributed by atoms with Crippen LogP contribution in [0, 0.1) is 6.92 Å². The summed E-state index contributed by atoms with van der Waals surface area (Å²) in [6.45, 7) is 1.94. The molecule has 2 aromatic carbocycles. The van der Waals surface area contributed by atoms with E-state index in [4.69, 9.17) is 21.4 Å². The number of aryl methyl sites for hydroxylation is 1. The maximum absolute atomic E-state index is 6.03. The van der Waals surface area contributed by atoms with Crippen molar-refractivity contribution in [3.63, 3.8) is 0 Å². The lowest BCUT2D eigenvalue weighted by atomic mass is 10.0. The van der Waals surface area contributed by atoms with Crippen LogP contribution in [-0.4, -0.2) is 10.1 Å². The zero-order chi connectivity index (χ0) is 21.2. The Kier molecular flexibility index (Phi) is 5.14. The normalized spacial score (nSPS) is 18.1. The Bertz CT molecular complexity index is 1180. The van der Waals surface area contributed by atoms with Crippen molar-refractivity contribution in [1.82, 2.24) is 10.3 Å². The van der Waals surface area contributed by atoms with Gasteiger partial charge in [-0.3, -0.25) is 4.98 Å². The van der Waals surface area contributed by atoms with Crippen LogP contribution >= 0.6 is 12.2 Å². The van der Waals surface area contributed by atoms with Gasteiger partial charge >= 0.3 is 0 Å². The predicted octanol–water partition coefficient (Wildman–Crippen LogP) is 5.95. The van der Waals surface area contributed by atoms with E-state index in [2.05, 4.69) is 15.2 Å². The van der Waals surface area contributed by atoms with Gasteiger partial charge < -0.3 is 19.4 Å². The summed E-state index contributed by atoms with van der Waals surface area (Å²) >= 11 is 5.74. The van der Waals surface area contributed by atoms with Crippen molar-refractivity contribution >= 4 is 23.0 Å². The molecule has 1 saturated heterocycles. The van der Waals surface area contributed by atoms with Gasteiger partial charge in [0.05, 0.1) is 11.7 Å². The quantitative estimate of drug-likeness (QED) is 0.397. The molecule has 2 aromatic heterocycles. The largest absolute Gasteiger partial charge is 0.464 e. The molecule has 4 aromatic rings. The lowest BCUT2D eigenvalue weighted by Gasteiger charge is -2.26. The number of benzene rings is 2. The third-order valence-electron chi connectivity index (χ3n) is 5.24. The van der Waals surface area contributed by atoms with Crippen LogP contribution in [0.25, 0.3) is 0 Å². The highest BCUT2D eigenvalue weighted by Gasteiger charge is 2.42. The number of aromatic nitrogens is 1. The summed E-state index contributed by atoms with van der Waals surface area (Å²) in [7, 11) is 0. The number of pyridine rings is 1. The van der Waals surface area contributed by atoms with Gasteiger partial charge in [0.25, 0.3) is 0 Å². The first kappa shape index (κ1) is 19.3.